The predicted molar refractivity (Wildman–Crippen MR) is 110 cm³/mol. The van der Waals surface area contributed by atoms with Gasteiger partial charge in [0, 0.05) is 30.8 Å². The largest absolute Gasteiger partial charge is 0.497 e. The quantitative estimate of drug-likeness (QED) is 0.754. The topological polar surface area (TPSA) is 94.2 Å². The lowest BCUT2D eigenvalue weighted by atomic mass is 10.0. The molecule has 8 nitrogen and oxygen atoms in total. The third kappa shape index (κ3) is 4.22. The molecular weight excluding hydrogens is 408 g/mol. The van der Waals surface area contributed by atoms with Crippen molar-refractivity contribution in [2.24, 2.45) is 0 Å². The maximum atomic E-state index is 13.2. The van der Waals surface area contributed by atoms with Crippen molar-refractivity contribution < 1.29 is 27.4 Å². The Morgan fingerprint density at radius 1 is 1.13 bits per heavy atom. The maximum absolute atomic E-state index is 13.2. The summed E-state index contributed by atoms with van der Waals surface area (Å²) in [6.45, 7) is 0.559. The molecule has 1 N–H and O–H groups in total. The lowest BCUT2D eigenvalue weighted by Crippen LogP contribution is -2.45. The van der Waals surface area contributed by atoms with E-state index < -0.39 is 10.0 Å². The van der Waals surface area contributed by atoms with Gasteiger partial charge in [0.05, 0.1) is 12.0 Å². The Balaban J connectivity index is 1.47. The van der Waals surface area contributed by atoms with Gasteiger partial charge in [-0.3, -0.25) is 4.79 Å². The number of rotatable bonds is 6. The van der Waals surface area contributed by atoms with E-state index in [1.54, 1.807) is 30.3 Å². The summed E-state index contributed by atoms with van der Waals surface area (Å²) < 4.78 is 43.5. The first kappa shape index (κ1) is 20.5. The third-order valence-electron chi connectivity index (χ3n) is 5.32. The van der Waals surface area contributed by atoms with E-state index in [1.807, 2.05) is 0 Å². The fourth-order valence-electron chi connectivity index (χ4n) is 3.78. The second-order valence-electron chi connectivity index (χ2n) is 7.26. The molecule has 2 heterocycles. The lowest BCUT2D eigenvalue weighted by molar-refractivity contribution is -0.117. The summed E-state index contributed by atoms with van der Waals surface area (Å²) in [6, 6.07) is 11.1. The second kappa shape index (κ2) is 8.53. The van der Waals surface area contributed by atoms with Gasteiger partial charge in [-0.15, -0.1) is 0 Å². The number of amides is 1. The van der Waals surface area contributed by atoms with Crippen LogP contribution in [0.2, 0.25) is 0 Å². The van der Waals surface area contributed by atoms with Gasteiger partial charge < -0.3 is 19.5 Å². The number of benzene rings is 2. The zero-order valence-corrected chi connectivity index (χ0v) is 17.5. The highest BCUT2D eigenvalue weighted by atomic mass is 32.2. The predicted octanol–water partition coefficient (Wildman–Crippen LogP) is 3.00. The second-order valence-corrected chi connectivity index (χ2v) is 9.15. The smallest absolute Gasteiger partial charge is 0.243 e. The van der Waals surface area contributed by atoms with Crippen LogP contribution in [0.4, 0.5) is 5.69 Å². The molecule has 0 aliphatic carbocycles. The number of hydrogen-bond donors (Lipinski definition) is 1. The zero-order valence-electron chi connectivity index (χ0n) is 16.7. The van der Waals surface area contributed by atoms with Crippen LogP contribution >= 0.6 is 0 Å². The Morgan fingerprint density at radius 2 is 1.90 bits per heavy atom. The number of sulfonamides is 1. The van der Waals surface area contributed by atoms with Crippen molar-refractivity contribution in [2.45, 2.75) is 36.6 Å². The van der Waals surface area contributed by atoms with Crippen LogP contribution in [0.1, 0.15) is 25.7 Å². The van der Waals surface area contributed by atoms with Crippen LogP contribution in [0, 0.1) is 0 Å². The van der Waals surface area contributed by atoms with Crippen LogP contribution in [0.25, 0.3) is 0 Å². The highest BCUT2D eigenvalue weighted by Crippen LogP contribution is 2.34. The average Bonchev–Trinajstić information content (AvgIpc) is 3.22. The molecule has 4 rings (SSSR count). The van der Waals surface area contributed by atoms with Crippen molar-refractivity contribution in [1.82, 2.24) is 4.31 Å². The van der Waals surface area contributed by atoms with Gasteiger partial charge in [0.25, 0.3) is 0 Å². The summed E-state index contributed by atoms with van der Waals surface area (Å²) in [5.74, 6) is 1.56. The summed E-state index contributed by atoms with van der Waals surface area (Å²) in [7, 11) is -2.17. The molecule has 0 radical (unpaired) electrons. The molecule has 2 aromatic carbocycles. The Labute approximate surface area is 175 Å². The minimum Gasteiger partial charge on any atom is -0.497 e. The maximum Gasteiger partial charge on any atom is 0.243 e. The summed E-state index contributed by atoms with van der Waals surface area (Å²) in [5, 5.41) is 2.83. The Kier molecular flexibility index (Phi) is 5.83. The van der Waals surface area contributed by atoms with E-state index in [4.69, 9.17) is 14.2 Å². The molecule has 160 valence electrons. The SMILES string of the molecule is COc1ccc(S(=O)(=O)N2CCCC[C@H]2CC(=O)Nc2ccc3c(c2)OCO3)cc1. The van der Waals surface area contributed by atoms with Crippen LogP contribution in [-0.4, -0.2) is 45.1 Å². The summed E-state index contributed by atoms with van der Waals surface area (Å²) >= 11 is 0. The highest BCUT2D eigenvalue weighted by Gasteiger charge is 2.34. The molecular formula is C21H24N2O6S. The minimum absolute atomic E-state index is 0.0871. The number of hydrogen-bond acceptors (Lipinski definition) is 6. The first-order chi connectivity index (χ1) is 14.5. The molecule has 1 amide bonds. The van der Waals surface area contributed by atoms with Gasteiger partial charge in [-0.2, -0.15) is 4.31 Å². The number of fused-ring (bicyclic) bond motifs is 1. The molecule has 30 heavy (non-hydrogen) atoms. The number of methoxy groups -OCH3 is 1. The van der Waals surface area contributed by atoms with Crippen molar-refractivity contribution in [1.29, 1.82) is 0 Å². The van der Waals surface area contributed by atoms with Gasteiger partial charge >= 0.3 is 0 Å². The first-order valence-electron chi connectivity index (χ1n) is 9.83. The zero-order chi connectivity index (χ0) is 21.1. The minimum atomic E-state index is -3.70. The van der Waals surface area contributed by atoms with E-state index in [1.165, 1.54) is 23.5 Å². The van der Waals surface area contributed by atoms with Gasteiger partial charge in [-0.1, -0.05) is 6.42 Å². The van der Waals surface area contributed by atoms with Crippen LogP contribution in [-0.2, 0) is 14.8 Å². The van der Waals surface area contributed by atoms with Crippen LogP contribution < -0.4 is 19.5 Å². The molecule has 9 heteroatoms. The van der Waals surface area contributed by atoms with E-state index >= 15 is 0 Å². The van der Waals surface area contributed by atoms with Crippen LogP contribution in [0.5, 0.6) is 17.2 Å². The number of carbonyl (C=O) groups is 1. The molecule has 0 spiro atoms. The number of carbonyl (C=O) groups excluding carboxylic acids is 1. The molecule has 2 aliphatic rings. The van der Waals surface area contributed by atoms with E-state index in [9.17, 15) is 13.2 Å². The average molecular weight is 432 g/mol. The van der Waals surface area contributed by atoms with Gasteiger partial charge in [0.15, 0.2) is 11.5 Å². The molecule has 2 aromatic rings. The number of ether oxygens (including phenoxy) is 3. The van der Waals surface area contributed by atoms with Gasteiger partial charge in [0.2, 0.25) is 22.7 Å². The van der Waals surface area contributed by atoms with Crippen LogP contribution in [0.3, 0.4) is 0 Å². The summed E-state index contributed by atoms with van der Waals surface area (Å²) in [4.78, 5) is 12.9. The van der Waals surface area contributed by atoms with Crippen molar-refractivity contribution in [2.75, 3.05) is 25.8 Å². The Bertz CT molecular complexity index is 1020. The van der Waals surface area contributed by atoms with Crippen molar-refractivity contribution in [3.63, 3.8) is 0 Å². The molecule has 1 atom stereocenters. The van der Waals surface area contributed by atoms with Crippen molar-refractivity contribution in [3.05, 3.63) is 42.5 Å². The fraction of sp³-hybridized carbons (Fsp3) is 0.381. The number of piperidine rings is 1. The number of anilines is 1. The fourth-order valence-corrected chi connectivity index (χ4v) is 5.47. The summed E-state index contributed by atoms with van der Waals surface area (Å²) in [6.07, 6.45) is 2.39. The highest BCUT2D eigenvalue weighted by molar-refractivity contribution is 7.89. The van der Waals surface area contributed by atoms with E-state index in [0.29, 0.717) is 35.9 Å². The van der Waals surface area contributed by atoms with E-state index in [0.717, 1.165) is 12.8 Å². The van der Waals surface area contributed by atoms with Crippen molar-refractivity contribution in [3.8, 4) is 17.2 Å². The van der Waals surface area contributed by atoms with Gasteiger partial charge in [-0.25, -0.2) is 8.42 Å². The molecule has 0 bridgehead atoms. The van der Waals surface area contributed by atoms with Crippen molar-refractivity contribution >= 4 is 21.6 Å². The molecule has 0 aromatic heterocycles. The number of nitrogens with one attached hydrogen (secondary N) is 1. The summed E-state index contributed by atoms with van der Waals surface area (Å²) in [5.41, 5.74) is 0.588. The molecule has 0 unspecified atom stereocenters. The standard InChI is InChI=1S/C21H24N2O6S/c1-27-17-6-8-18(9-7-17)30(25,26)23-11-3-2-4-16(23)13-21(24)22-15-5-10-19-20(12-15)29-14-28-19/h5-10,12,16H,2-4,11,13-14H2,1H3,(H,22,24)/t16-/m0/s1. The molecule has 2 aliphatic heterocycles. The lowest BCUT2D eigenvalue weighted by Gasteiger charge is -2.34. The first-order valence-corrected chi connectivity index (χ1v) is 11.3. The Hall–Kier alpha value is -2.78. The third-order valence-corrected chi connectivity index (χ3v) is 7.28. The normalized spacial score (nSPS) is 18.8. The molecule has 1 fully saturated rings. The van der Waals surface area contributed by atoms with E-state index in [2.05, 4.69) is 5.32 Å². The van der Waals surface area contributed by atoms with Gasteiger partial charge in [-0.05, 0) is 49.2 Å². The monoisotopic (exact) mass is 432 g/mol. The molecule has 0 saturated carbocycles. The number of nitrogens with zero attached hydrogens (tertiary/aromatic N) is 1. The van der Waals surface area contributed by atoms with Gasteiger partial charge in [0.1, 0.15) is 5.75 Å². The van der Waals surface area contributed by atoms with Crippen LogP contribution in [0.15, 0.2) is 47.4 Å². The molecule has 1 saturated heterocycles. The van der Waals surface area contributed by atoms with E-state index in [-0.39, 0.29) is 30.1 Å². The Morgan fingerprint density at radius 3 is 2.67 bits per heavy atom.